The van der Waals surface area contributed by atoms with Gasteiger partial charge in [0.05, 0.1) is 0 Å². The molecular weight excluding hydrogens is 354 g/mol. The number of anilines is 1. The average Bonchev–Trinajstić information content (AvgIpc) is 3.14. The van der Waals surface area contributed by atoms with Crippen molar-refractivity contribution in [3.8, 4) is 0 Å². The maximum atomic E-state index is 12.7. The van der Waals surface area contributed by atoms with Crippen molar-refractivity contribution < 1.29 is 9.59 Å². The van der Waals surface area contributed by atoms with E-state index >= 15 is 0 Å². The van der Waals surface area contributed by atoms with E-state index < -0.39 is 0 Å². The van der Waals surface area contributed by atoms with Crippen molar-refractivity contribution >= 4 is 29.1 Å². The normalized spacial score (nSPS) is 13.7. The number of aromatic nitrogens is 1. The van der Waals surface area contributed by atoms with E-state index in [2.05, 4.69) is 5.32 Å². The van der Waals surface area contributed by atoms with Crippen LogP contribution in [0.3, 0.4) is 0 Å². The van der Waals surface area contributed by atoms with Crippen molar-refractivity contribution in [3.05, 3.63) is 63.0 Å². The molecule has 0 radical (unpaired) electrons. The zero-order chi connectivity index (χ0) is 18.7. The lowest BCUT2D eigenvalue weighted by Gasteiger charge is -2.18. The van der Waals surface area contributed by atoms with Crippen LogP contribution in [-0.2, 0) is 11.3 Å². The summed E-state index contributed by atoms with van der Waals surface area (Å²) in [5, 5.41) is 3.26. The molecule has 1 N–H and O–H groups in total. The molecule has 6 nitrogen and oxygen atoms in total. The summed E-state index contributed by atoms with van der Waals surface area (Å²) in [6.45, 7) is 2.97. The number of benzene rings is 1. The van der Waals surface area contributed by atoms with Crippen molar-refractivity contribution in [2.75, 3.05) is 18.4 Å². The number of carbonyl (C=O) groups excluding carboxylic acids is 2. The molecule has 0 saturated carbocycles. The summed E-state index contributed by atoms with van der Waals surface area (Å²) in [6, 6.07) is 9.66. The van der Waals surface area contributed by atoms with Crippen LogP contribution in [0, 0.1) is 6.92 Å². The molecule has 0 atom stereocenters. The van der Waals surface area contributed by atoms with Gasteiger partial charge in [-0.2, -0.15) is 0 Å². The zero-order valence-electron chi connectivity index (χ0n) is 14.5. The van der Waals surface area contributed by atoms with Gasteiger partial charge in [-0.1, -0.05) is 23.7 Å². The summed E-state index contributed by atoms with van der Waals surface area (Å²) in [4.78, 5) is 39.1. The maximum Gasteiger partial charge on any atom is 0.270 e. The number of nitrogens with zero attached hydrogens (tertiary/aromatic N) is 2. The van der Waals surface area contributed by atoms with E-state index in [0.717, 1.165) is 18.4 Å². The first kappa shape index (κ1) is 18.2. The first-order valence-corrected chi connectivity index (χ1v) is 8.88. The molecular formula is C19H20ClN3O3. The van der Waals surface area contributed by atoms with E-state index in [4.69, 9.17) is 11.6 Å². The fourth-order valence-electron chi connectivity index (χ4n) is 3.01. The first-order valence-electron chi connectivity index (χ1n) is 8.51. The van der Waals surface area contributed by atoms with Crippen molar-refractivity contribution in [3.63, 3.8) is 0 Å². The largest absolute Gasteiger partial charge is 0.337 e. The number of hydrogen-bond acceptors (Lipinski definition) is 3. The fourth-order valence-corrected chi connectivity index (χ4v) is 3.19. The van der Waals surface area contributed by atoms with Gasteiger partial charge in [0.2, 0.25) is 5.91 Å². The molecule has 1 aromatic heterocycles. The van der Waals surface area contributed by atoms with Crippen molar-refractivity contribution in [1.82, 2.24) is 9.47 Å². The molecule has 1 saturated heterocycles. The molecule has 2 heterocycles. The van der Waals surface area contributed by atoms with Crippen LogP contribution in [0.1, 0.15) is 28.9 Å². The highest BCUT2D eigenvalue weighted by molar-refractivity contribution is 6.31. The Kier molecular flexibility index (Phi) is 5.42. The van der Waals surface area contributed by atoms with Crippen LogP contribution in [0.2, 0.25) is 5.02 Å². The molecule has 3 rings (SSSR count). The number of likely N-dealkylation sites (tertiary alicyclic amines) is 1. The Morgan fingerprint density at radius 1 is 1.15 bits per heavy atom. The molecule has 1 aliphatic heterocycles. The van der Waals surface area contributed by atoms with Crippen molar-refractivity contribution in [1.29, 1.82) is 0 Å². The first-order chi connectivity index (χ1) is 12.5. The molecule has 136 valence electrons. The van der Waals surface area contributed by atoms with Gasteiger partial charge in [-0.05, 0) is 43.5 Å². The van der Waals surface area contributed by atoms with Gasteiger partial charge >= 0.3 is 0 Å². The van der Waals surface area contributed by atoms with E-state index in [-0.39, 0.29) is 29.6 Å². The van der Waals surface area contributed by atoms with Crippen LogP contribution in [0.15, 0.2) is 41.2 Å². The molecule has 1 aliphatic rings. The van der Waals surface area contributed by atoms with Crippen molar-refractivity contribution in [2.24, 2.45) is 0 Å². The Hall–Kier alpha value is -2.60. The van der Waals surface area contributed by atoms with Gasteiger partial charge in [-0.3, -0.25) is 19.0 Å². The molecule has 0 unspecified atom stereocenters. The van der Waals surface area contributed by atoms with Crippen molar-refractivity contribution in [2.45, 2.75) is 26.3 Å². The molecule has 2 amide bonds. The highest BCUT2D eigenvalue weighted by atomic mass is 35.5. The fraction of sp³-hybridized carbons (Fsp3) is 0.316. The van der Waals surface area contributed by atoms with Crippen LogP contribution in [-0.4, -0.2) is 34.4 Å². The molecule has 1 fully saturated rings. The van der Waals surface area contributed by atoms with Crippen LogP contribution >= 0.6 is 11.6 Å². The summed E-state index contributed by atoms with van der Waals surface area (Å²) >= 11 is 5.97. The smallest absolute Gasteiger partial charge is 0.270 e. The van der Waals surface area contributed by atoms with Gasteiger partial charge in [0.1, 0.15) is 12.2 Å². The lowest BCUT2D eigenvalue weighted by Crippen LogP contribution is -2.36. The monoisotopic (exact) mass is 373 g/mol. The standard InChI is InChI=1S/C19H20ClN3O3/c1-13-7-8-14(20)11-15(13)21-17(24)12-23-16(5-4-6-18(23)25)19(26)22-9-2-3-10-22/h4-8,11H,2-3,9-10,12H2,1H3,(H,21,24). The number of hydrogen-bond donors (Lipinski definition) is 1. The van der Waals surface area contributed by atoms with E-state index in [1.165, 1.54) is 10.6 Å². The molecule has 0 spiro atoms. The minimum absolute atomic E-state index is 0.216. The lowest BCUT2D eigenvalue weighted by molar-refractivity contribution is -0.116. The van der Waals surface area contributed by atoms with Crippen LogP contribution < -0.4 is 10.9 Å². The minimum Gasteiger partial charge on any atom is -0.337 e. The van der Waals surface area contributed by atoms with Gasteiger partial charge in [-0.25, -0.2) is 0 Å². The number of nitrogens with one attached hydrogen (secondary N) is 1. The van der Waals surface area contributed by atoms with Gasteiger partial charge in [-0.15, -0.1) is 0 Å². The molecule has 2 aromatic rings. The Balaban J connectivity index is 1.82. The quantitative estimate of drug-likeness (QED) is 0.895. The number of pyridine rings is 1. The summed E-state index contributed by atoms with van der Waals surface area (Å²) in [5.41, 5.74) is 1.29. The Morgan fingerprint density at radius 3 is 2.62 bits per heavy atom. The Labute approximate surface area is 156 Å². The third kappa shape index (κ3) is 3.96. The number of carbonyl (C=O) groups is 2. The van der Waals surface area contributed by atoms with Gasteiger partial charge in [0.25, 0.3) is 11.5 Å². The van der Waals surface area contributed by atoms with E-state index in [9.17, 15) is 14.4 Å². The van der Waals surface area contributed by atoms with Crippen LogP contribution in [0.25, 0.3) is 0 Å². The number of halogens is 1. The van der Waals surface area contributed by atoms with E-state index in [1.807, 2.05) is 6.92 Å². The summed E-state index contributed by atoms with van der Waals surface area (Å²) in [7, 11) is 0. The predicted octanol–water partition coefficient (Wildman–Crippen LogP) is 2.68. The second-order valence-electron chi connectivity index (χ2n) is 6.34. The second-order valence-corrected chi connectivity index (χ2v) is 6.78. The third-order valence-electron chi connectivity index (χ3n) is 4.44. The number of rotatable bonds is 4. The van der Waals surface area contributed by atoms with E-state index in [1.54, 1.807) is 35.2 Å². The molecule has 7 heteroatoms. The van der Waals surface area contributed by atoms with E-state index in [0.29, 0.717) is 23.8 Å². The highest BCUT2D eigenvalue weighted by Gasteiger charge is 2.23. The maximum absolute atomic E-state index is 12.7. The van der Waals surface area contributed by atoms with Gasteiger partial charge in [0.15, 0.2) is 0 Å². The minimum atomic E-state index is -0.390. The summed E-state index contributed by atoms with van der Waals surface area (Å²) < 4.78 is 1.22. The predicted molar refractivity (Wildman–Crippen MR) is 101 cm³/mol. The van der Waals surface area contributed by atoms with Crippen LogP contribution in [0.4, 0.5) is 5.69 Å². The second kappa shape index (κ2) is 7.74. The van der Waals surface area contributed by atoms with Crippen LogP contribution in [0.5, 0.6) is 0 Å². The van der Waals surface area contributed by atoms with Gasteiger partial charge < -0.3 is 10.2 Å². The molecule has 0 aliphatic carbocycles. The number of aryl methyl sites for hydroxylation is 1. The molecule has 1 aromatic carbocycles. The number of amides is 2. The Morgan fingerprint density at radius 2 is 1.88 bits per heavy atom. The van der Waals surface area contributed by atoms with Gasteiger partial charge in [0, 0.05) is 29.9 Å². The topological polar surface area (TPSA) is 71.4 Å². The average molecular weight is 374 g/mol. The molecule has 0 bridgehead atoms. The summed E-state index contributed by atoms with van der Waals surface area (Å²) in [6.07, 6.45) is 1.91. The Bertz CT molecular complexity index is 901. The SMILES string of the molecule is Cc1ccc(Cl)cc1NC(=O)Cn1c(C(=O)N2CCCC2)cccc1=O. The zero-order valence-corrected chi connectivity index (χ0v) is 15.3. The third-order valence-corrected chi connectivity index (χ3v) is 4.67. The summed E-state index contributed by atoms with van der Waals surface area (Å²) in [5.74, 6) is -0.605. The lowest BCUT2D eigenvalue weighted by atomic mass is 10.2. The highest BCUT2D eigenvalue weighted by Crippen LogP contribution is 2.20. The molecule has 26 heavy (non-hydrogen) atoms.